The van der Waals surface area contributed by atoms with E-state index in [0.29, 0.717) is 31.3 Å². The monoisotopic (exact) mass is 430 g/mol. The Morgan fingerprint density at radius 2 is 1.93 bits per heavy atom. The summed E-state index contributed by atoms with van der Waals surface area (Å²) in [4.78, 5) is 14.0. The third-order valence-electron chi connectivity index (χ3n) is 4.81. The number of rotatable bonds is 8. The Bertz CT molecular complexity index is 754. The molecule has 10 heteroatoms. The molecule has 3 heterocycles. The van der Waals surface area contributed by atoms with Crippen LogP contribution in [0.4, 0.5) is 5.82 Å². The summed E-state index contributed by atoms with van der Waals surface area (Å²) in [6.07, 6.45) is 6.21. The van der Waals surface area contributed by atoms with Crippen LogP contribution in [0.1, 0.15) is 41.6 Å². The van der Waals surface area contributed by atoms with Crippen LogP contribution in [0.5, 0.6) is 0 Å². The van der Waals surface area contributed by atoms with Gasteiger partial charge >= 0.3 is 0 Å². The lowest BCUT2D eigenvalue weighted by atomic mass is 10.1. The van der Waals surface area contributed by atoms with Crippen molar-refractivity contribution in [2.24, 2.45) is 5.92 Å². The quantitative estimate of drug-likeness (QED) is 0.656. The zero-order valence-electron chi connectivity index (χ0n) is 16.1. The molecule has 1 aliphatic heterocycles. The molecule has 1 aliphatic carbocycles. The molecule has 0 saturated heterocycles. The van der Waals surface area contributed by atoms with Gasteiger partial charge in [-0.2, -0.15) is 4.98 Å². The molecule has 0 spiro atoms. The van der Waals surface area contributed by atoms with Crippen molar-refractivity contribution < 1.29 is 9.26 Å². The largest absolute Gasteiger partial charge is 0.377 e. The molecule has 0 radical (unpaired) electrons. The Morgan fingerprint density at radius 1 is 1.11 bits per heavy atom. The first-order valence-electron chi connectivity index (χ1n) is 9.45. The van der Waals surface area contributed by atoms with E-state index in [9.17, 15) is 0 Å². The van der Waals surface area contributed by atoms with Crippen LogP contribution in [0.2, 0.25) is 0 Å². The number of methoxy groups -OCH3 is 1. The fourth-order valence-electron chi connectivity index (χ4n) is 3.28. The topological polar surface area (TPSA) is 98.0 Å². The molecule has 28 heavy (non-hydrogen) atoms. The summed E-state index contributed by atoms with van der Waals surface area (Å²) >= 11 is 0. The number of ether oxygens (including phenoxy) is 1. The minimum atomic E-state index is 0. The highest BCUT2D eigenvalue weighted by Gasteiger charge is 2.24. The van der Waals surface area contributed by atoms with E-state index in [1.807, 2.05) is 0 Å². The number of halogens is 2. The first-order chi connectivity index (χ1) is 12.8. The van der Waals surface area contributed by atoms with Crippen LogP contribution in [0.25, 0.3) is 0 Å². The summed E-state index contributed by atoms with van der Waals surface area (Å²) in [7, 11) is 1.62. The Balaban J connectivity index is 0.00000140. The van der Waals surface area contributed by atoms with Crippen molar-refractivity contribution in [1.29, 1.82) is 0 Å². The Hall–Kier alpha value is -1.48. The summed E-state index contributed by atoms with van der Waals surface area (Å²) in [5.41, 5.74) is 2.45. The zero-order valence-corrected chi connectivity index (χ0v) is 17.7. The fraction of sp³-hybridized carbons (Fsp3) is 0.667. The third-order valence-corrected chi connectivity index (χ3v) is 4.81. The number of hydrogen-bond donors (Lipinski definition) is 2. The fourth-order valence-corrected chi connectivity index (χ4v) is 3.28. The average molecular weight is 431 g/mol. The Kier molecular flexibility index (Phi) is 8.88. The maximum atomic E-state index is 5.25. The van der Waals surface area contributed by atoms with Crippen LogP contribution in [-0.4, -0.2) is 46.9 Å². The van der Waals surface area contributed by atoms with Gasteiger partial charge in [-0.15, -0.1) is 24.8 Å². The maximum absolute atomic E-state index is 5.25. The highest BCUT2D eigenvalue weighted by Crippen LogP contribution is 2.32. The molecule has 2 aromatic heterocycles. The summed E-state index contributed by atoms with van der Waals surface area (Å²) in [5.74, 6) is 3.94. The first-order valence-corrected chi connectivity index (χ1v) is 9.45. The van der Waals surface area contributed by atoms with Gasteiger partial charge in [0.25, 0.3) is 0 Å². The van der Waals surface area contributed by atoms with E-state index in [1.165, 1.54) is 24.1 Å². The van der Waals surface area contributed by atoms with Crippen molar-refractivity contribution in [3.8, 4) is 0 Å². The first kappa shape index (κ1) is 22.8. The minimum absolute atomic E-state index is 0. The second-order valence-electron chi connectivity index (χ2n) is 7.03. The van der Waals surface area contributed by atoms with Gasteiger partial charge < -0.3 is 19.9 Å². The smallest absolute Gasteiger partial charge is 0.228 e. The van der Waals surface area contributed by atoms with Crippen LogP contribution < -0.4 is 10.6 Å². The normalized spacial score (nSPS) is 15.8. The van der Waals surface area contributed by atoms with E-state index in [4.69, 9.17) is 19.2 Å². The van der Waals surface area contributed by atoms with Gasteiger partial charge in [-0.05, 0) is 31.7 Å². The van der Waals surface area contributed by atoms with E-state index in [0.717, 1.165) is 49.9 Å². The van der Waals surface area contributed by atoms with Crippen molar-refractivity contribution in [2.45, 2.75) is 45.1 Å². The number of nitrogens with one attached hydrogen (secondary N) is 2. The number of anilines is 1. The SMILES string of the molecule is COCc1noc(CCNc2nc(CC3CC3)nc3c2CCNCC3)n1.Cl.Cl. The third kappa shape index (κ3) is 6.01. The summed E-state index contributed by atoms with van der Waals surface area (Å²) in [6.45, 7) is 3.02. The lowest BCUT2D eigenvalue weighted by molar-refractivity contribution is 0.174. The van der Waals surface area contributed by atoms with Crippen molar-refractivity contribution >= 4 is 30.6 Å². The zero-order chi connectivity index (χ0) is 17.8. The molecule has 2 aliphatic rings. The van der Waals surface area contributed by atoms with Gasteiger partial charge in [-0.3, -0.25) is 0 Å². The highest BCUT2D eigenvalue weighted by molar-refractivity contribution is 5.85. The van der Waals surface area contributed by atoms with Gasteiger partial charge in [0.05, 0.1) is 5.69 Å². The number of nitrogens with zero attached hydrogens (tertiary/aromatic N) is 4. The average Bonchev–Trinajstić information content (AvgIpc) is 3.38. The predicted octanol–water partition coefficient (Wildman–Crippen LogP) is 2.14. The van der Waals surface area contributed by atoms with Gasteiger partial charge in [-0.1, -0.05) is 5.16 Å². The van der Waals surface area contributed by atoms with E-state index in [1.54, 1.807) is 7.11 Å². The molecule has 0 bridgehead atoms. The molecule has 8 nitrogen and oxygen atoms in total. The highest BCUT2D eigenvalue weighted by atomic mass is 35.5. The van der Waals surface area contributed by atoms with Crippen LogP contribution in [0, 0.1) is 5.92 Å². The second kappa shape index (κ2) is 10.9. The minimum Gasteiger partial charge on any atom is -0.377 e. The molecule has 0 unspecified atom stereocenters. The molecule has 0 atom stereocenters. The second-order valence-corrected chi connectivity index (χ2v) is 7.03. The molecule has 2 aromatic rings. The molecule has 1 saturated carbocycles. The molecule has 1 fully saturated rings. The molecule has 2 N–H and O–H groups in total. The van der Waals surface area contributed by atoms with Crippen molar-refractivity contribution in [3.05, 3.63) is 28.8 Å². The summed E-state index contributed by atoms with van der Waals surface area (Å²) < 4.78 is 10.3. The molecule has 4 rings (SSSR count). The van der Waals surface area contributed by atoms with Crippen LogP contribution in [-0.2, 0) is 37.0 Å². The molecule has 0 amide bonds. The van der Waals surface area contributed by atoms with Crippen LogP contribution in [0.15, 0.2) is 4.52 Å². The van der Waals surface area contributed by atoms with Crippen LogP contribution >= 0.6 is 24.8 Å². The van der Waals surface area contributed by atoms with Crippen molar-refractivity contribution in [3.63, 3.8) is 0 Å². The molecular formula is C18H28Cl2N6O2. The molecule has 156 valence electrons. The van der Waals surface area contributed by atoms with Crippen LogP contribution in [0.3, 0.4) is 0 Å². The van der Waals surface area contributed by atoms with Gasteiger partial charge in [-0.25, -0.2) is 9.97 Å². The van der Waals surface area contributed by atoms with Gasteiger partial charge in [0.2, 0.25) is 5.89 Å². The molecular weight excluding hydrogens is 403 g/mol. The lowest BCUT2D eigenvalue weighted by Gasteiger charge is -2.14. The van der Waals surface area contributed by atoms with E-state index < -0.39 is 0 Å². The lowest BCUT2D eigenvalue weighted by Crippen LogP contribution is -2.16. The number of fused-ring (bicyclic) bond motifs is 1. The van der Waals surface area contributed by atoms with E-state index in [2.05, 4.69) is 20.8 Å². The van der Waals surface area contributed by atoms with E-state index in [-0.39, 0.29) is 24.8 Å². The van der Waals surface area contributed by atoms with Crippen molar-refractivity contribution in [1.82, 2.24) is 25.4 Å². The number of hydrogen-bond acceptors (Lipinski definition) is 8. The standard InChI is InChI=1S/C18H26N6O2.2ClH/c1-25-11-16-22-17(26-24-16)6-9-20-18-13-4-7-19-8-5-14(13)21-15(23-18)10-12-2-3-12;;/h12,19H,2-11H2,1H3,(H,20,21,23);2*1H. The Morgan fingerprint density at radius 3 is 2.71 bits per heavy atom. The summed E-state index contributed by atoms with van der Waals surface area (Å²) in [6, 6.07) is 0. The van der Waals surface area contributed by atoms with Crippen molar-refractivity contribution in [2.75, 3.05) is 32.1 Å². The van der Waals surface area contributed by atoms with Gasteiger partial charge in [0, 0.05) is 45.0 Å². The number of aromatic nitrogens is 4. The predicted molar refractivity (Wildman–Crippen MR) is 110 cm³/mol. The van der Waals surface area contributed by atoms with Gasteiger partial charge in [0.15, 0.2) is 5.82 Å². The summed E-state index contributed by atoms with van der Waals surface area (Å²) in [5, 5.41) is 10.8. The van der Waals surface area contributed by atoms with E-state index >= 15 is 0 Å². The maximum Gasteiger partial charge on any atom is 0.228 e. The molecule has 0 aromatic carbocycles. The Labute approximate surface area is 177 Å². The van der Waals surface area contributed by atoms with Gasteiger partial charge in [0.1, 0.15) is 18.2 Å².